The predicted octanol–water partition coefficient (Wildman–Crippen LogP) is 6.45. The zero-order chi connectivity index (χ0) is 23.8. The van der Waals surface area contributed by atoms with Gasteiger partial charge in [0.15, 0.2) is 0 Å². The summed E-state index contributed by atoms with van der Waals surface area (Å²) < 4.78 is 5.84. The van der Waals surface area contributed by atoms with Crippen LogP contribution in [0.1, 0.15) is 69.8 Å². The van der Waals surface area contributed by atoms with Crippen molar-refractivity contribution in [2.45, 2.75) is 70.3 Å². The molecule has 2 aromatic rings. The molecule has 1 heterocycles. The molecule has 1 aliphatic heterocycles. The summed E-state index contributed by atoms with van der Waals surface area (Å²) in [5, 5.41) is 0. The number of likely N-dealkylation sites (tertiary alicyclic amines) is 1. The first-order valence-corrected chi connectivity index (χ1v) is 13.2. The van der Waals surface area contributed by atoms with Crippen LogP contribution in [0.25, 0.3) is 17.2 Å². The van der Waals surface area contributed by atoms with Crippen LogP contribution in [-0.2, 0) is 9.53 Å². The number of amides is 1. The third-order valence-corrected chi connectivity index (χ3v) is 6.67. The van der Waals surface area contributed by atoms with Gasteiger partial charge in [0.2, 0.25) is 5.91 Å². The fraction of sp³-hybridized carbons (Fsp3) is 0.500. The lowest BCUT2D eigenvalue weighted by molar-refractivity contribution is -0.131. The standard InChI is InChI=1S/C30H42N2O2/c31-24-30(33)32-22-13-17-29(32)25-34-23-12-7-5-3-1-2-4-6-9-14-26-18-20-28(21-19-26)27-15-10-8-11-16-27/h8-11,14-16,18-21,29H,1-7,12-13,17,22-25,31H2/b14-9+/t29-/m0/s1. The van der Waals surface area contributed by atoms with Crippen LogP contribution in [0.3, 0.4) is 0 Å². The summed E-state index contributed by atoms with van der Waals surface area (Å²) >= 11 is 0. The molecule has 1 atom stereocenters. The molecule has 4 nitrogen and oxygen atoms in total. The van der Waals surface area contributed by atoms with Crippen molar-refractivity contribution in [2.75, 3.05) is 26.3 Å². The molecule has 1 amide bonds. The Hall–Kier alpha value is -2.43. The molecular weight excluding hydrogens is 420 g/mol. The molecule has 0 aromatic heterocycles. The Kier molecular flexibility index (Phi) is 11.9. The minimum Gasteiger partial charge on any atom is -0.379 e. The van der Waals surface area contributed by atoms with Gasteiger partial charge < -0.3 is 15.4 Å². The van der Waals surface area contributed by atoms with E-state index in [0.29, 0.717) is 6.61 Å². The molecule has 0 spiro atoms. The van der Waals surface area contributed by atoms with Crippen LogP contribution >= 0.6 is 0 Å². The van der Waals surface area contributed by atoms with Gasteiger partial charge in [0.25, 0.3) is 0 Å². The number of nitrogens with two attached hydrogens (primary N) is 1. The summed E-state index contributed by atoms with van der Waals surface area (Å²) in [4.78, 5) is 13.7. The van der Waals surface area contributed by atoms with Gasteiger partial charge in [0, 0.05) is 13.2 Å². The van der Waals surface area contributed by atoms with E-state index in [1.165, 1.54) is 55.2 Å². The van der Waals surface area contributed by atoms with E-state index >= 15 is 0 Å². The third kappa shape index (κ3) is 9.08. The Morgan fingerprint density at radius 1 is 0.912 bits per heavy atom. The molecule has 3 rings (SSSR count). The molecule has 4 heteroatoms. The average Bonchev–Trinajstić information content (AvgIpc) is 3.36. The van der Waals surface area contributed by atoms with Crippen molar-refractivity contribution in [3.8, 4) is 11.1 Å². The number of ether oxygens (including phenoxy) is 1. The number of allylic oxidation sites excluding steroid dienone is 1. The SMILES string of the molecule is NCC(=O)N1CCC[C@H]1COCCCCCCCCC/C=C/c1ccc(-c2ccccc2)cc1. The molecule has 0 radical (unpaired) electrons. The highest BCUT2D eigenvalue weighted by atomic mass is 16.5. The first kappa shape index (κ1) is 26.2. The maximum atomic E-state index is 11.8. The fourth-order valence-corrected chi connectivity index (χ4v) is 4.66. The quantitative estimate of drug-likeness (QED) is 0.309. The summed E-state index contributed by atoms with van der Waals surface area (Å²) in [6, 6.07) is 19.6. The van der Waals surface area contributed by atoms with E-state index in [9.17, 15) is 4.79 Å². The molecule has 0 aliphatic carbocycles. The number of hydrogen-bond acceptors (Lipinski definition) is 3. The van der Waals surface area contributed by atoms with Crippen LogP contribution in [-0.4, -0.2) is 43.2 Å². The molecule has 0 bridgehead atoms. The van der Waals surface area contributed by atoms with Crippen LogP contribution in [0.4, 0.5) is 0 Å². The molecule has 2 aromatic carbocycles. The van der Waals surface area contributed by atoms with Gasteiger partial charge in [-0.2, -0.15) is 0 Å². The second-order valence-electron chi connectivity index (χ2n) is 9.32. The molecule has 0 saturated carbocycles. The Bertz CT molecular complexity index is 848. The molecule has 184 valence electrons. The van der Waals surface area contributed by atoms with Gasteiger partial charge in [-0.15, -0.1) is 0 Å². The predicted molar refractivity (Wildman–Crippen MR) is 142 cm³/mol. The van der Waals surface area contributed by atoms with Gasteiger partial charge in [-0.3, -0.25) is 4.79 Å². The largest absolute Gasteiger partial charge is 0.379 e. The molecule has 0 unspecified atom stereocenters. The number of benzene rings is 2. The Labute approximate surface area is 206 Å². The average molecular weight is 463 g/mol. The van der Waals surface area contributed by atoms with Crippen molar-refractivity contribution >= 4 is 12.0 Å². The number of rotatable bonds is 15. The van der Waals surface area contributed by atoms with Crippen molar-refractivity contribution in [3.05, 3.63) is 66.2 Å². The van der Waals surface area contributed by atoms with Gasteiger partial charge in [-0.1, -0.05) is 98.9 Å². The normalized spacial score (nSPS) is 15.9. The topological polar surface area (TPSA) is 55.6 Å². The Morgan fingerprint density at radius 2 is 1.59 bits per heavy atom. The highest BCUT2D eigenvalue weighted by Crippen LogP contribution is 2.20. The monoisotopic (exact) mass is 462 g/mol. The van der Waals surface area contributed by atoms with Crippen molar-refractivity contribution in [1.82, 2.24) is 4.90 Å². The van der Waals surface area contributed by atoms with Gasteiger partial charge >= 0.3 is 0 Å². The van der Waals surface area contributed by atoms with E-state index in [4.69, 9.17) is 10.5 Å². The summed E-state index contributed by atoms with van der Waals surface area (Å²) in [5.74, 6) is 0.0547. The van der Waals surface area contributed by atoms with Crippen molar-refractivity contribution in [2.24, 2.45) is 5.73 Å². The maximum Gasteiger partial charge on any atom is 0.236 e. The smallest absolute Gasteiger partial charge is 0.236 e. The van der Waals surface area contributed by atoms with E-state index in [0.717, 1.165) is 38.8 Å². The summed E-state index contributed by atoms with van der Waals surface area (Å²) in [6.45, 7) is 2.41. The van der Waals surface area contributed by atoms with E-state index in [1.54, 1.807) is 0 Å². The van der Waals surface area contributed by atoms with Crippen molar-refractivity contribution < 1.29 is 9.53 Å². The zero-order valence-electron chi connectivity index (χ0n) is 20.7. The number of carbonyl (C=O) groups excluding carboxylic acids is 1. The van der Waals surface area contributed by atoms with E-state index < -0.39 is 0 Å². The minimum absolute atomic E-state index is 0.0547. The summed E-state index contributed by atoms with van der Waals surface area (Å²) in [5.41, 5.74) is 9.30. The van der Waals surface area contributed by atoms with E-state index in [1.807, 2.05) is 4.90 Å². The second-order valence-corrected chi connectivity index (χ2v) is 9.32. The molecule has 1 saturated heterocycles. The molecule has 1 fully saturated rings. The van der Waals surface area contributed by atoms with Gasteiger partial charge in [0.05, 0.1) is 19.2 Å². The number of hydrogen-bond donors (Lipinski definition) is 1. The molecule has 2 N–H and O–H groups in total. The highest BCUT2D eigenvalue weighted by Gasteiger charge is 2.27. The van der Waals surface area contributed by atoms with Gasteiger partial charge in [-0.05, 0) is 48.8 Å². The lowest BCUT2D eigenvalue weighted by Gasteiger charge is -2.24. The lowest BCUT2D eigenvalue weighted by Crippen LogP contribution is -2.41. The van der Waals surface area contributed by atoms with Gasteiger partial charge in [-0.25, -0.2) is 0 Å². The minimum atomic E-state index is 0.0547. The zero-order valence-corrected chi connectivity index (χ0v) is 20.7. The van der Waals surface area contributed by atoms with Crippen LogP contribution in [0.15, 0.2) is 60.7 Å². The molecular formula is C30H42N2O2. The van der Waals surface area contributed by atoms with E-state index in [-0.39, 0.29) is 18.5 Å². The Balaban J connectivity index is 1.14. The van der Waals surface area contributed by atoms with Crippen molar-refractivity contribution in [1.29, 1.82) is 0 Å². The summed E-state index contributed by atoms with van der Waals surface area (Å²) in [7, 11) is 0. The summed E-state index contributed by atoms with van der Waals surface area (Å²) in [6.07, 6.45) is 16.6. The fourth-order valence-electron chi connectivity index (χ4n) is 4.66. The molecule has 1 aliphatic rings. The number of carbonyl (C=O) groups is 1. The van der Waals surface area contributed by atoms with E-state index in [2.05, 4.69) is 66.7 Å². The number of unbranched alkanes of at least 4 members (excludes halogenated alkanes) is 7. The van der Waals surface area contributed by atoms with Crippen LogP contribution in [0.2, 0.25) is 0 Å². The first-order valence-electron chi connectivity index (χ1n) is 13.2. The first-order chi connectivity index (χ1) is 16.8. The number of nitrogens with zero attached hydrogens (tertiary/aromatic N) is 1. The van der Waals surface area contributed by atoms with Crippen molar-refractivity contribution in [3.63, 3.8) is 0 Å². The van der Waals surface area contributed by atoms with Crippen LogP contribution < -0.4 is 5.73 Å². The highest BCUT2D eigenvalue weighted by molar-refractivity contribution is 5.78. The Morgan fingerprint density at radius 3 is 2.32 bits per heavy atom. The third-order valence-electron chi connectivity index (χ3n) is 6.67. The van der Waals surface area contributed by atoms with Crippen LogP contribution in [0, 0.1) is 0 Å². The second kappa shape index (κ2) is 15.5. The molecule has 34 heavy (non-hydrogen) atoms. The maximum absolute atomic E-state index is 11.8. The van der Waals surface area contributed by atoms with Gasteiger partial charge in [0.1, 0.15) is 0 Å². The lowest BCUT2D eigenvalue weighted by atomic mass is 10.0. The van der Waals surface area contributed by atoms with Crippen LogP contribution in [0.5, 0.6) is 0 Å².